The van der Waals surface area contributed by atoms with E-state index in [9.17, 15) is 0 Å². The molecular weight excluding hydrogens is 286 g/mol. The largest absolute Gasteiger partial charge is 0.385 e. The van der Waals surface area contributed by atoms with Gasteiger partial charge < -0.3 is 5.32 Å². The van der Waals surface area contributed by atoms with Crippen LogP contribution >= 0.6 is 15.9 Å². The Labute approximate surface area is 117 Å². The summed E-state index contributed by atoms with van der Waals surface area (Å²) in [5, 5.41) is 3.45. The number of hydrogen-bond donors (Lipinski definition) is 1. The lowest BCUT2D eigenvalue weighted by atomic mass is 9.98. The molecule has 1 unspecified atom stereocenters. The van der Waals surface area contributed by atoms with E-state index >= 15 is 0 Å². The molecular formula is C16H18BrN. The summed E-state index contributed by atoms with van der Waals surface area (Å²) in [7, 11) is 0. The number of benzene rings is 2. The smallest absolute Gasteiger partial charge is 0.0340 e. The van der Waals surface area contributed by atoms with Crippen molar-refractivity contribution in [3.05, 3.63) is 64.6 Å². The van der Waals surface area contributed by atoms with Gasteiger partial charge in [0.05, 0.1) is 0 Å². The monoisotopic (exact) mass is 303 g/mol. The molecule has 1 nitrogen and oxygen atoms in total. The molecule has 2 aromatic rings. The maximum absolute atomic E-state index is 3.45. The summed E-state index contributed by atoms with van der Waals surface area (Å²) in [6.07, 6.45) is 1.14. The van der Waals surface area contributed by atoms with E-state index in [1.54, 1.807) is 0 Å². The lowest BCUT2D eigenvalue weighted by molar-refractivity contribution is 0.706. The second kappa shape index (κ2) is 6.60. The van der Waals surface area contributed by atoms with Crippen LogP contribution < -0.4 is 5.32 Å². The Morgan fingerprint density at radius 2 is 1.67 bits per heavy atom. The number of halogens is 1. The number of hydrogen-bond acceptors (Lipinski definition) is 1. The fourth-order valence-corrected chi connectivity index (χ4v) is 2.21. The maximum Gasteiger partial charge on any atom is 0.0340 e. The van der Waals surface area contributed by atoms with Crippen molar-refractivity contribution in [1.82, 2.24) is 0 Å². The second-order valence-electron chi connectivity index (χ2n) is 4.53. The van der Waals surface area contributed by atoms with Crippen LogP contribution in [-0.2, 0) is 0 Å². The normalized spacial score (nSPS) is 12.1. The Morgan fingerprint density at radius 1 is 1.00 bits per heavy atom. The standard InChI is InChI=1S/C16H18BrN/c1-13(14-5-3-2-4-6-14)11-12-18-16-9-7-15(17)8-10-16/h2-10,13,18H,11-12H2,1H3. The Balaban J connectivity index is 1.80. The molecule has 0 saturated carbocycles. The van der Waals surface area contributed by atoms with E-state index in [2.05, 4.69) is 82.8 Å². The topological polar surface area (TPSA) is 12.0 Å². The molecule has 0 saturated heterocycles. The molecule has 2 rings (SSSR count). The molecule has 94 valence electrons. The molecule has 2 heteroatoms. The van der Waals surface area contributed by atoms with Gasteiger partial charge in [-0.2, -0.15) is 0 Å². The van der Waals surface area contributed by atoms with Gasteiger partial charge in [-0.25, -0.2) is 0 Å². The predicted octanol–water partition coefficient (Wildman–Crippen LogP) is 5.05. The highest BCUT2D eigenvalue weighted by molar-refractivity contribution is 9.10. The quantitative estimate of drug-likeness (QED) is 0.814. The van der Waals surface area contributed by atoms with Crippen LogP contribution in [0.4, 0.5) is 5.69 Å². The van der Waals surface area contributed by atoms with Gasteiger partial charge in [0.25, 0.3) is 0 Å². The summed E-state index contributed by atoms with van der Waals surface area (Å²) in [5.41, 5.74) is 2.59. The van der Waals surface area contributed by atoms with Crippen LogP contribution in [0.1, 0.15) is 24.8 Å². The van der Waals surface area contributed by atoms with Crippen LogP contribution in [0.3, 0.4) is 0 Å². The summed E-state index contributed by atoms with van der Waals surface area (Å²) in [4.78, 5) is 0. The van der Waals surface area contributed by atoms with Gasteiger partial charge in [0.2, 0.25) is 0 Å². The van der Waals surface area contributed by atoms with E-state index in [1.807, 2.05) is 0 Å². The van der Waals surface area contributed by atoms with Gasteiger partial charge in [-0.05, 0) is 42.2 Å². The molecule has 1 N–H and O–H groups in total. The third-order valence-electron chi connectivity index (χ3n) is 3.12. The molecule has 0 bridgehead atoms. The van der Waals surface area contributed by atoms with Gasteiger partial charge in [-0.3, -0.25) is 0 Å². The van der Waals surface area contributed by atoms with Crippen molar-refractivity contribution >= 4 is 21.6 Å². The average molecular weight is 304 g/mol. The SMILES string of the molecule is CC(CCNc1ccc(Br)cc1)c1ccccc1. The third kappa shape index (κ3) is 3.88. The lowest BCUT2D eigenvalue weighted by Crippen LogP contribution is -2.05. The summed E-state index contributed by atoms with van der Waals surface area (Å²) in [6, 6.07) is 19.0. The van der Waals surface area contributed by atoms with Gasteiger partial charge in [0, 0.05) is 16.7 Å². The van der Waals surface area contributed by atoms with Gasteiger partial charge in [-0.15, -0.1) is 0 Å². The Morgan fingerprint density at radius 3 is 2.33 bits per heavy atom. The van der Waals surface area contributed by atoms with Crippen molar-refractivity contribution < 1.29 is 0 Å². The van der Waals surface area contributed by atoms with E-state index < -0.39 is 0 Å². The van der Waals surface area contributed by atoms with Crippen LogP contribution in [0.2, 0.25) is 0 Å². The van der Waals surface area contributed by atoms with Gasteiger partial charge in [0.15, 0.2) is 0 Å². The highest BCUT2D eigenvalue weighted by Crippen LogP contribution is 2.19. The molecule has 0 spiro atoms. The fraction of sp³-hybridized carbons (Fsp3) is 0.250. The average Bonchev–Trinajstić information content (AvgIpc) is 2.42. The summed E-state index contributed by atoms with van der Waals surface area (Å²) < 4.78 is 1.12. The first-order valence-corrected chi connectivity index (χ1v) is 7.09. The Kier molecular flexibility index (Phi) is 4.82. The zero-order valence-electron chi connectivity index (χ0n) is 10.6. The minimum absolute atomic E-state index is 0.592. The highest BCUT2D eigenvalue weighted by Gasteiger charge is 2.03. The zero-order chi connectivity index (χ0) is 12.8. The van der Waals surface area contributed by atoms with Crippen molar-refractivity contribution in [3.8, 4) is 0 Å². The molecule has 0 aromatic heterocycles. The summed E-state index contributed by atoms with van der Waals surface area (Å²) in [5.74, 6) is 0.592. The van der Waals surface area contributed by atoms with Gasteiger partial charge in [-0.1, -0.05) is 53.2 Å². The third-order valence-corrected chi connectivity index (χ3v) is 3.65. The van der Waals surface area contributed by atoms with E-state index in [1.165, 1.54) is 11.3 Å². The van der Waals surface area contributed by atoms with E-state index in [0.29, 0.717) is 5.92 Å². The minimum Gasteiger partial charge on any atom is -0.385 e. The maximum atomic E-state index is 3.45. The predicted molar refractivity (Wildman–Crippen MR) is 82.1 cm³/mol. The van der Waals surface area contributed by atoms with Crippen molar-refractivity contribution in [1.29, 1.82) is 0 Å². The lowest BCUT2D eigenvalue weighted by Gasteiger charge is -2.13. The van der Waals surface area contributed by atoms with Crippen LogP contribution in [0, 0.1) is 0 Å². The second-order valence-corrected chi connectivity index (χ2v) is 5.45. The van der Waals surface area contributed by atoms with Crippen LogP contribution in [0.25, 0.3) is 0 Å². The Bertz CT molecular complexity index is 464. The molecule has 2 aromatic carbocycles. The summed E-state index contributed by atoms with van der Waals surface area (Å²) in [6.45, 7) is 3.27. The number of rotatable bonds is 5. The molecule has 0 heterocycles. The van der Waals surface area contributed by atoms with Crippen LogP contribution in [0.5, 0.6) is 0 Å². The van der Waals surface area contributed by atoms with Crippen molar-refractivity contribution in [2.45, 2.75) is 19.3 Å². The first-order chi connectivity index (χ1) is 8.75. The summed E-state index contributed by atoms with van der Waals surface area (Å²) >= 11 is 3.44. The number of nitrogens with one attached hydrogen (secondary N) is 1. The molecule has 0 radical (unpaired) electrons. The molecule has 0 aliphatic carbocycles. The first kappa shape index (κ1) is 13.2. The van der Waals surface area contributed by atoms with Crippen molar-refractivity contribution in [2.24, 2.45) is 0 Å². The molecule has 0 fully saturated rings. The zero-order valence-corrected chi connectivity index (χ0v) is 12.2. The first-order valence-electron chi connectivity index (χ1n) is 6.30. The van der Waals surface area contributed by atoms with Gasteiger partial charge >= 0.3 is 0 Å². The fourth-order valence-electron chi connectivity index (χ4n) is 1.95. The van der Waals surface area contributed by atoms with Crippen LogP contribution in [-0.4, -0.2) is 6.54 Å². The molecule has 0 amide bonds. The minimum atomic E-state index is 0.592. The number of anilines is 1. The molecule has 18 heavy (non-hydrogen) atoms. The molecule has 1 atom stereocenters. The molecule has 0 aliphatic rings. The van der Waals surface area contributed by atoms with E-state index in [-0.39, 0.29) is 0 Å². The van der Waals surface area contributed by atoms with Crippen molar-refractivity contribution in [2.75, 3.05) is 11.9 Å². The Hall–Kier alpha value is -1.28. The molecule has 0 aliphatic heterocycles. The van der Waals surface area contributed by atoms with E-state index in [0.717, 1.165) is 17.4 Å². The van der Waals surface area contributed by atoms with E-state index in [4.69, 9.17) is 0 Å². The van der Waals surface area contributed by atoms with Gasteiger partial charge in [0.1, 0.15) is 0 Å². The van der Waals surface area contributed by atoms with Crippen LogP contribution in [0.15, 0.2) is 59.1 Å². The van der Waals surface area contributed by atoms with Crippen molar-refractivity contribution in [3.63, 3.8) is 0 Å². The highest BCUT2D eigenvalue weighted by atomic mass is 79.9.